The zero-order chi connectivity index (χ0) is 53.4. The van der Waals surface area contributed by atoms with Crippen LogP contribution in [-0.4, -0.2) is 34.9 Å². The first-order chi connectivity index (χ1) is 36.7. The Kier molecular flexibility index (Phi) is 59.4. The van der Waals surface area contributed by atoms with Gasteiger partial charge in [0.2, 0.25) is 5.91 Å². The molecule has 2 atom stereocenters. The van der Waals surface area contributed by atoms with Gasteiger partial charge in [-0.1, -0.05) is 287 Å². The highest BCUT2D eigenvalue weighted by molar-refractivity contribution is 5.76. The van der Waals surface area contributed by atoms with Crippen molar-refractivity contribution in [3.8, 4) is 0 Å². The largest absolute Gasteiger partial charge is 0.394 e. The molecule has 416 valence electrons. The van der Waals surface area contributed by atoms with E-state index in [0.717, 1.165) is 128 Å². The third kappa shape index (κ3) is 58.6. The van der Waals surface area contributed by atoms with Crippen LogP contribution < -0.4 is 5.32 Å². The summed E-state index contributed by atoms with van der Waals surface area (Å²) in [4.78, 5) is 12.5. The van der Waals surface area contributed by atoms with Gasteiger partial charge in [0.25, 0.3) is 0 Å². The van der Waals surface area contributed by atoms with Gasteiger partial charge in [0.05, 0.1) is 18.8 Å². The van der Waals surface area contributed by atoms with Gasteiger partial charge in [-0.3, -0.25) is 4.79 Å². The van der Waals surface area contributed by atoms with Crippen molar-refractivity contribution in [1.82, 2.24) is 5.32 Å². The van der Waals surface area contributed by atoms with Crippen LogP contribution >= 0.6 is 0 Å². The number of rotatable bonds is 53. The molecule has 0 aliphatic carbocycles. The first kappa shape index (κ1) is 69.8. The van der Waals surface area contributed by atoms with E-state index in [9.17, 15) is 15.0 Å². The fourth-order valence-corrected chi connectivity index (χ4v) is 8.12. The van der Waals surface area contributed by atoms with Gasteiger partial charge in [-0.05, 0) is 122 Å². The third-order valence-electron chi connectivity index (χ3n) is 12.7. The minimum absolute atomic E-state index is 0.104. The minimum Gasteiger partial charge on any atom is -0.394 e. The standard InChI is InChI=1S/C70H113NO3/c1-3-5-7-9-11-13-15-17-19-21-23-25-26-27-28-29-30-31-32-33-34-35-36-37-38-39-40-41-42-43-44-46-48-50-52-54-56-58-60-62-64-66-70(74)71-68(67-72)69(73)65-63-61-59-57-55-53-51-49-47-45-24-22-20-18-16-14-12-10-8-6-4-2/h5,7,11,13,17,19,23,25,27-28,30-31,33-34,36-37,39-40,42-43,46,48,52,54-55,57,63,65,68-69,72-73H,3-4,6,8-10,12,14-16,18,20-22,24,26,29,32,35,38,41,44-45,47,49-51,53,56,58-62,64,66-67H2,1-2H3,(H,71,74)/b7-5-,13-11-,19-17-,25-23-,28-27-,31-30-,34-33-,37-36-,40-39-,43-42-,48-46-,54-52-,57-55+,65-63+. The van der Waals surface area contributed by atoms with Crippen molar-refractivity contribution in [3.63, 3.8) is 0 Å². The average molecular weight is 1020 g/mol. The number of allylic oxidation sites excluding steroid dienone is 27. The average Bonchev–Trinajstić information content (AvgIpc) is 3.40. The molecular formula is C70H113NO3. The van der Waals surface area contributed by atoms with Gasteiger partial charge in [-0.2, -0.15) is 0 Å². The lowest BCUT2D eigenvalue weighted by Gasteiger charge is -2.19. The molecule has 0 aromatic carbocycles. The number of carbonyl (C=O) groups is 1. The summed E-state index contributed by atoms with van der Waals surface area (Å²) in [5, 5.41) is 23.1. The zero-order valence-corrected chi connectivity index (χ0v) is 47.8. The fourth-order valence-electron chi connectivity index (χ4n) is 8.12. The van der Waals surface area contributed by atoms with Gasteiger partial charge in [0, 0.05) is 6.42 Å². The molecule has 0 bridgehead atoms. The van der Waals surface area contributed by atoms with Crippen molar-refractivity contribution >= 4 is 5.91 Å². The maximum absolute atomic E-state index is 12.5. The van der Waals surface area contributed by atoms with Gasteiger partial charge in [-0.15, -0.1) is 0 Å². The topological polar surface area (TPSA) is 69.6 Å². The summed E-state index contributed by atoms with van der Waals surface area (Å²) >= 11 is 0. The van der Waals surface area contributed by atoms with Crippen LogP contribution in [0.15, 0.2) is 170 Å². The Balaban J connectivity index is 3.72. The molecule has 0 aromatic rings. The SMILES string of the molecule is CC/C=C\C/C=C\C/C=C\C/C=C\C/C=C\C/C=C\C/C=C\C/C=C\C/C=C\C/C=C\C/C=C\C/C=C\CCCCCCC(=O)NC(CO)C(O)/C=C/CC/C=C/CCCCCCCCCCCCCCCCC. The predicted molar refractivity (Wildman–Crippen MR) is 331 cm³/mol. The molecule has 3 N–H and O–H groups in total. The third-order valence-corrected chi connectivity index (χ3v) is 12.7. The maximum atomic E-state index is 12.5. The van der Waals surface area contributed by atoms with E-state index < -0.39 is 12.1 Å². The van der Waals surface area contributed by atoms with Crippen LogP contribution in [0.1, 0.15) is 245 Å². The highest BCUT2D eigenvalue weighted by atomic mass is 16.3. The number of aliphatic hydroxyl groups is 2. The second-order valence-electron chi connectivity index (χ2n) is 19.7. The van der Waals surface area contributed by atoms with Crippen molar-refractivity contribution in [2.75, 3.05) is 6.61 Å². The molecule has 1 amide bonds. The second-order valence-corrected chi connectivity index (χ2v) is 19.7. The van der Waals surface area contributed by atoms with E-state index in [2.05, 4.69) is 177 Å². The van der Waals surface area contributed by atoms with Gasteiger partial charge in [0.1, 0.15) is 0 Å². The van der Waals surface area contributed by atoms with E-state index in [0.29, 0.717) is 6.42 Å². The van der Waals surface area contributed by atoms with Gasteiger partial charge >= 0.3 is 0 Å². The molecule has 0 saturated carbocycles. The first-order valence-corrected chi connectivity index (χ1v) is 30.3. The molecule has 2 unspecified atom stereocenters. The molecular weight excluding hydrogens is 903 g/mol. The van der Waals surface area contributed by atoms with E-state index in [-0.39, 0.29) is 12.5 Å². The zero-order valence-electron chi connectivity index (χ0n) is 47.8. The molecule has 4 heteroatoms. The molecule has 0 aliphatic heterocycles. The Morgan fingerprint density at radius 2 is 0.608 bits per heavy atom. The Bertz CT molecular complexity index is 1620. The molecule has 74 heavy (non-hydrogen) atoms. The Morgan fingerprint density at radius 3 is 0.946 bits per heavy atom. The molecule has 4 nitrogen and oxygen atoms in total. The lowest BCUT2D eigenvalue weighted by molar-refractivity contribution is -0.123. The Labute approximate surface area is 458 Å². The quantitative estimate of drug-likeness (QED) is 0.0420. The van der Waals surface area contributed by atoms with Gasteiger partial charge in [0.15, 0.2) is 0 Å². The van der Waals surface area contributed by atoms with E-state index in [1.54, 1.807) is 6.08 Å². The van der Waals surface area contributed by atoms with E-state index in [4.69, 9.17) is 0 Å². The highest BCUT2D eigenvalue weighted by Gasteiger charge is 2.17. The van der Waals surface area contributed by atoms with Gasteiger partial charge in [-0.25, -0.2) is 0 Å². The maximum Gasteiger partial charge on any atom is 0.220 e. The van der Waals surface area contributed by atoms with Crippen LogP contribution in [0, 0.1) is 0 Å². The summed E-state index contributed by atoms with van der Waals surface area (Å²) in [5.74, 6) is -0.104. The van der Waals surface area contributed by atoms with Crippen molar-refractivity contribution in [3.05, 3.63) is 170 Å². The lowest BCUT2D eigenvalue weighted by Crippen LogP contribution is -2.45. The summed E-state index contributed by atoms with van der Waals surface area (Å²) in [6.07, 6.45) is 102. The molecule has 0 spiro atoms. The Hall–Kier alpha value is -4.25. The number of amides is 1. The number of aliphatic hydroxyl groups excluding tert-OH is 2. The number of unbranched alkanes of at least 4 members (excludes halogenated alkanes) is 20. The number of hydrogen-bond acceptors (Lipinski definition) is 3. The fraction of sp³-hybridized carbons (Fsp3) is 0.586. The number of carbonyl (C=O) groups excluding carboxylic acids is 1. The van der Waals surface area contributed by atoms with Crippen LogP contribution in [-0.2, 0) is 4.79 Å². The normalized spacial score (nSPS) is 14.1. The smallest absolute Gasteiger partial charge is 0.220 e. The summed E-state index contributed by atoms with van der Waals surface area (Å²) in [5.41, 5.74) is 0. The monoisotopic (exact) mass is 1020 g/mol. The second kappa shape index (κ2) is 63.0. The van der Waals surface area contributed by atoms with E-state index >= 15 is 0 Å². The Morgan fingerprint density at radius 1 is 0.338 bits per heavy atom. The lowest BCUT2D eigenvalue weighted by atomic mass is 10.0. The van der Waals surface area contributed by atoms with Crippen molar-refractivity contribution in [2.45, 2.75) is 257 Å². The molecule has 0 heterocycles. The summed E-state index contributed by atoms with van der Waals surface area (Å²) < 4.78 is 0. The molecule has 0 rings (SSSR count). The van der Waals surface area contributed by atoms with Crippen LogP contribution in [0.5, 0.6) is 0 Å². The van der Waals surface area contributed by atoms with Gasteiger partial charge < -0.3 is 15.5 Å². The first-order valence-electron chi connectivity index (χ1n) is 30.3. The highest BCUT2D eigenvalue weighted by Crippen LogP contribution is 2.14. The molecule has 0 aromatic heterocycles. The van der Waals surface area contributed by atoms with Crippen LogP contribution in [0.3, 0.4) is 0 Å². The number of hydrogen-bond donors (Lipinski definition) is 3. The van der Waals surface area contributed by atoms with E-state index in [1.807, 2.05) is 6.08 Å². The molecule has 0 fully saturated rings. The predicted octanol–water partition coefficient (Wildman–Crippen LogP) is 20.7. The van der Waals surface area contributed by atoms with E-state index in [1.165, 1.54) is 96.3 Å². The number of nitrogens with one attached hydrogen (secondary N) is 1. The molecule has 0 aliphatic rings. The summed E-state index contributed by atoms with van der Waals surface area (Å²) in [7, 11) is 0. The summed E-state index contributed by atoms with van der Waals surface area (Å²) in [6.45, 7) is 4.17. The summed E-state index contributed by atoms with van der Waals surface area (Å²) in [6, 6.07) is -0.667. The van der Waals surface area contributed by atoms with Crippen LogP contribution in [0.4, 0.5) is 0 Å². The van der Waals surface area contributed by atoms with Crippen molar-refractivity contribution in [1.29, 1.82) is 0 Å². The van der Waals surface area contributed by atoms with Crippen molar-refractivity contribution < 1.29 is 15.0 Å². The van der Waals surface area contributed by atoms with Crippen LogP contribution in [0.2, 0.25) is 0 Å². The minimum atomic E-state index is -0.886. The van der Waals surface area contributed by atoms with Crippen LogP contribution in [0.25, 0.3) is 0 Å². The molecule has 0 saturated heterocycles. The van der Waals surface area contributed by atoms with Crippen molar-refractivity contribution in [2.24, 2.45) is 0 Å². The molecule has 0 radical (unpaired) electrons.